The van der Waals surface area contributed by atoms with Crippen molar-refractivity contribution in [3.63, 3.8) is 0 Å². The van der Waals surface area contributed by atoms with Gasteiger partial charge in [-0.1, -0.05) is 34.6 Å². The summed E-state index contributed by atoms with van der Waals surface area (Å²) in [5.74, 6) is 4.48. The molecular weight excluding hydrogens is 284 g/mol. The third kappa shape index (κ3) is 3.07. The summed E-state index contributed by atoms with van der Waals surface area (Å²) in [5, 5.41) is 0. The number of hydrogen-bond donors (Lipinski definition) is 0. The smallest absolute Gasteiger partial charge is 0.308 e. The highest BCUT2D eigenvalue weighted by Gasteiger charge is 2.56. The lowest BCUT2D eigenvalue weighted by molar-refractivity contribution is -0.156. The highest BCUT2D eigenvalue weighted by molar-refractivity contribution is 5.72. The van der Waals surface area contributed by atoms with E-state index in [0.29, 0.717) is 5.41 Å². The Morgan fingerprint density at radius 1 is 1.17 bits per heavy atom. The molecule has 7 unspecified atom stereocenters. The van der Waals surface area contributed by atoms with E-state index in [-0.39, 0.29) is 18.0 Å². The maximum absolute atomic E-state index is 12.1. The van der Waals surface area contributed by atoms with Gasteiger partial charge in [0.1, 0.15) is 6.10 Å². The number of esters is 1. The average Bonchev–Trinajstić information content (AvgIpc) is 3.06. The minimum atomic E-state index is 0.0283. The number of carbonyl (C=O) groups is 1. The molecule has 3 aliphatic rings. The third-order valence-electron chi connectivity index (χ3n) is 8.10. The summed E-state index contributed by atoms with van der Waals surface area (Å²) in [4.78, 5) is 12.1. The van der Waals surface area contributed by atoms with Crippen molar-refractivity contribution in [1.29, 1.82) is 0 Å². The first-order chi connectivity index (χ1) is 10.8. The molecule has 0 amide bonds. The molecule has 0 heterocycles. The second-order valence-electron chi connectivity index (χ2n) is 9.40. The Bertz CT molecular complexity index is 437. The van der Waals surface area contributed by atoms with Crippen LogP contribution in [0.15, 0.2) is 0 Å². The molecule has 7 atom stereocenters. The van der Waals surface area contributed by atoms with Gasteiger partial charge in [-0.25, -0.2) is 0 Å². The van der Waals surface area contributed by atoms with Crippen LogP contribution in [0.5, 0.6) is 0 Å². The molecule has 0 aromatic rings. The fourth-order valence-electron chi connectivity index (χ4n) is 5.87. The maximum atomic E-state index is 12.1. The third-order valence-corrected chi connectivity index (χ3v) is 8.10. The predicted octanol–water partition coefficient (Wildman–Crippen LogP) is 5.45. The van der Waals surface area contributed by atoms with Gasteiger partial charge in [0.2, 0.25) is 0 Å². The van der Waals surface area contributed by atoms with Crippen molar-refractivity contribution in [3.8, 4) is 0 Å². The molecule has 0 saturated heterocycles. The van der Waals surface area contributed by atoms with Crippen LogP contribution < -0.4 is 0 Å². The SMILES string of the molecule is CCC(C)C(=O)OC1CCCC(C2CC3CC2C(C)C3(C)C)C1. The zero-order chi connectivity index (χ0) is 16.8. The molecular formula is C21H36O2. The van der Waals surface area contributed by atoms with E-state index in [0.717, 1.165) is 48.9 Å². The van der Waals surface area contributed by atoms with Crippen LogP contribution in [0.25, 0.3) is 0 Å². The summed E-state index contributed by atoms with van der Waals surface area (Å²) in [7, 11) is 0. The average molecular weight is 321 g/mol. The van der Waals surface area contributed by atoms with Gasteiger partial charge in [-0.2, -0.15) is 0 Å². The number of rotatable bonds is 4. The molecule has 2 heteroatoms. The van der Waals surface area contributed by atoms with E-state index in [9.17, 15) is 4.79 Å². The maximum Gasteiger partial charge on any atom is 0.308 e. The lowest BCUT2D eigenvalue weighted by atomic mass is 9.62. The molecule has 23 heavy (non-hydrogen) atoms. The van der Waals surface area contributed by atoms with Crippen molar-refractivity contribution in [2.75, 3.05) is 0 Å². The van der Waals surface area contributed by atoms with Gasteiger partial charge in [-0.05, 0) is 80.0 Å². The van der Waals surface area contributed by atoms with E-state index >= 15 is 0 Å². The molecule has 0 aromatic heterocycles. The Kier molecular flexibility index (Phi) is 4.82. The molecule has 132 valence electrons. The molecule has 2 nitrogen and oxygen atoms in total. The standard InChI is InChI=1S/C21H36O2/c1-6-13(2)20(22)23-17-9-7-8-15(10-17)19-12-16-11-18(19)14(3)21(16,4)5/h13-19H,6-12H2,1-5H3. The molecule has 3 rings (SSSR count). The van der Waals surface area contributed by atoms with Gasteiger partial charge in [0, 0.05) is 0 Å². The van der Waals surface area contributed by atoms with Crippen molar-refractivity contribution < 1.29 is 9.53 Å². The fraction of sp³-hybridized carbons (Fsp3) is 0.952. The molecule has 3 saturated carbocycles. The minimum absolute atomic E-state index is 0.0283. The van der Waals surface area contributed by atoms with Crippen LogP contribution in [0.4, 0.5) is 0 Å². The lowest BCUT2D eigenvalue weighted by Gasteiger charge is -2.44. The Morgan fingerprint density at radius 3 is 2.48 bits per heavy atom. The monoisotopic (exact) mass is 320 g/mol. The Morgan fingerprint density at radius 2 is 1.87 bits per heavy atom. The van der Waals surface area contributed by atoms with Crippen LogP contribution in [0, 0.1) is 40.9 Å². The molecule has 0 spiro atoms. The van der Waals surface area contributed by atoms with E-state index < -0.39 is 0 Å². The Labute approximate surface area is 142 Å². The predicted molar refractivity (Wildman–Crippen MR) is 93.9 cm³/mol. The normalized spacial score (nSPS) is 43.3. The molecule has 2 bridgehead atoms. The molecule has 0 aliphatic heterocycles. The van der Waals surface area contributed by atoms with Crippen LogP contribution in [0.1, 0.15) is 79.6 Å². The van der Waals surface area contributed by atoms with Gasteiger partial charge in [0.05, 0.1) is 5.92 Å². The van der Waals surface area contributed by atoms with E-state index in [1.807, 2.05) is 6.92 Å². The van der Waals surface area contributed by atoms with Crippen molar-refractivity contribution >= 4 is 5.97 Å². The second-order valence-corrected chi connectivity index (χ2v) is 9.40. The van der Waals surface area contributed by atoms with Gasteiger partial charge in [0.15, 0.2) is 0 Å². The summed E-state index contributed by atoms with van der Waals surface area (Å²) in [6, 6.07) is 0. The summed E-state index contributed by atoms with van der Waals surface area (Å²) in [6.45, 7) is 11.5. The summed E-state index contributed by atoms with van der Waals surface area (Å²) >= 11 is 0. The van der Waals surface area contributed by atoms with Crippen LogP contribution in [0.2, 0.25) is 0 Å². The zero-order valence-corrected chi connectivity index (χ0v) is 15.8. The first-order valence-electron chi connectivity index (χ1n) is 10.0. The first kappa shape index (κ1) is 17.3. The Hall–Kier alpha value is -0.530. The van der Waals surface area contributed by atoms with E-state index in [1.54, 1.807) is 0 Å². The minimum Gasteiger partial charge on any atom is -0.462 e. The van der Waals surface area contributed by atoms with E-state index in [4.69, 9.17) is 4.74 Å². The van der Waals surface area contributed by atoms with Crippen LogP contribution in [0.3, 0.4) is 0 Å². The van der Waals surface area contributed by atoms with Crippen molar-refractivity contribution in [2.24, 2.45) is 40.9 Å². The van der Waals surface area contributed by atoms with E-state index in [1.165, 1.54) is 25.7 Å². The van der Waals surface area contributed by atoms with E-state index in [2.05, 4.69) is 27.7 Å². The second kappa shape index (κ2) is 6.41. The van der Waals surface area contributed by atoms with Gasteiger partial charge in [0.25, 0.3) is 0 Å². The van der Waals surface area contributed by atoms with Crippen LogP contribution in [-0.4, -0.2) is 12.1 Å². The number of hydrogen-bond acceptors (Lipinski definition) is 2. The molecule has 3 fully saturated rings. The number of fused-ring (bicyclic) bond motifs is 2. The van der Waals surface area contributed by atoms with Gasteiger partial charge < -0.3 is 4.74 Å². The summed E-state index contributed by atoms with van der Waals surface area (Å²) in [5.41, 5.74) is 0.540. The lowest BCUT2D eigenvalue weighted by Crippen LogP contribution is -2.38. The quantitative estimate of drug-likeness (QED) is 0.644. The van der Waals surface area contributed by atoms with Crippen LogP contribution >= 0.6 is 0 Å². The van der Waals surface area contributed by atoms with Gasteiger partial charge >= 0.3 is 5.97 Å². The summed E-state index contributed by atoms with van der Waals surface area (Å²) in [6.07, 6.45) is 8.77. The first-order valence-corrected chi connectivity index (χ1v) is 10.0. The van der Waals surface area contributed by atoms with Crippen LogP contribution in [-0.2, 0) is 9.53 Å². The van der Waals surface area contributed by atoms with Crippen molar-refractivity contribution in [1.82, 2.24) is 0 Å². The molecule has 0 N–H and O–H groups in total. The Balaban J connectivity index is 1.59. The van der Waals surface area contributed by atoms with Crippen molar-refractivity contribution in [2.45, 2.75) is 85.7 Å². The molecule has 3 aliphatic carbocycles. The number of ether oxygens (including phenoxy) is 1. The zero-order valence-electron chi connectivity index (χ0n) is 15.8. The van der Waals surface area contributed by atoms with Crippen molar-refractivity contribution in [3.05, 3.63) is 0 Å². The molecule has 0 aromatic carbocycles. The van der Waals surface area contributed by atoms with Gasteiger partial charge in [-0.3, -0.25) is 4.79 Å². The fourth-order valence-corrected chi connectivity index (χ4v) is 5.87. The highest BCUT2D eigenvalue weighted by Crippen LogP contribution is 2.63. The molecule has 0 radical (unpaired) electrons. The highest BCUT2D eigenvalue weighted by atomic mass is 16.5. The van der Waals surface area contributed by atoms with Gasteiger partial charge in [-0.15, -0.1) is 0 Å². The topological polar surface area (TPSA) is 26.3 Å². The number of carbonyl (C=O) groups excluding carboxylic acids is 1. The summed E-state index contributed by atoms with van der Waals surface area (Å²) < 4.78 is 5.84. The largest absolute Gasteiger partial charge is 0.462 e.